The standard InChI is InChI=1S/C23H21F3N2OS/c1-14(2)21-20(11-10-19(29)17-5-3-4-15(12-17)13-27)30-22(28-21)16-6-8-18(9-7-16)23(24,25)26/h3-12,14H,13,27H2,1-2H3. The number of rotatable bonds is 6. The number of alkyl halides is 3. The predicted octanol–water partition coefficient (Wildman–Crippen LogP) is 6.31. The lowest BCUT2D eigenvalue weighted by Gasteiger charge is -2.06. The molecule has 3 nitrogen and oxygen atoms in total. The van der Waals surface area contributed by atoms with E-state index in [2.05, 4.69) is 4.98 Å². The van der Waals surface area contributed by atoms with Crippen LogP contribution in [0.15, 0.2) is 54.6 Å². The number of carbonyl (C=O) groups excluding carboxylic acids is 1. The van der Waals surface area contributed by atoms with Crippen molar-refractivity contribution in [3.05, 3.63) is 81.9 Å². The highest BCUT2D eigenvalue weighted by molar-refractivity contribution is 7.16. The van der Waals surface area contributed by atoms with Crippen LogP contribution in [0, 0.1) is 0 Å². The summed E-state index contributed by atoms with van der Waals surface area (Å²) in [5, 5.41) is 0.615. The van der Waals surface area contributed by atoms with Crippen molar-refractivity contribution in [1.29, 1.82) is 0 Å². The smallest absolute Gasteiger partial charge is 0.326 e. The number of halogens is 3. The minimum absolute atomic E-state index is 0.0970. The van der Waals surface area contributed by atoms with Gasteiger partial charge in [-0.15, -0.1) is 11.3 Å². The van der Waals surface area contributed by atoms with Crippen molar-refractivity contribution < 1.29 is 18.0 Å². The van der Waals surface area contributed by atoms with Gasteiger partial charge in [0.25, 0.3) is 0 Å². The van der Waals surface area contributed by atoms with Crippen LogP contribution >= 0.6 is 11.3 Å². The van der Waals surface area contributed by atoms with Crippen LogP contribution < -0.4 is 5.73 Å². The third-order valence-electron chi connectivity index (χ3n) is 4.52. The van der Waals surface area contributed by atoms with Gasteiger partial charge in [-0.1, -0.05) is 44.2 Å². The molecular formula is C23H21F3N2OS. The molecular weight excluding hydrogens is 409 g/mol. The number of nitrogens with two attached hydrogens (primary N) is 1. The largest absolute Gasteiger partial charge is 0.416 e. The fraction of sp³-hybridized carbons (Fsp3) is 0.217. The fourth-order valence-electron chi connectivity index (χ4n) is 2.90. The van der Waals surface area contributed by atoms with E-state index in [9.17, 15) is 18.0 Å². The highest BCUT2D eigenvalue weighted by Crippen LogP contribution is 2.35. The zero-order valence-electron chi connectivity index (χ0n) is 16.5. The highest BCUT2D eigenvalue weighted by atomic mass is 32.1. The lowest BCUT2D eigenvalue weighted by molar-refractivity contribution is -0.137. The van der Waals surface area contributed by atoms with Gasteiger partial charge < -0.3 is 5.73 Å². The molecule has 0 spiro atoms. The molecule has 2 aromatic carbocycles. The molecule has 7 heteroatoms. The van der Waals surface area contributed by atoms with Crippen molar-refractivity contribution in [3.8, 4) is 10.6 Å². The van der Waals surface area contributed by atoms with Crippen LogP contribution in [-0.2, 0) is 12.7 Å². The first kappa shape index (κ1) is 21.9. The van der Waals surface area contributed by atoms with E-state index < -0.39 is 11.7 Å². The number of aromatic nitrogens is 1. The van der Waals surface area contributed by atoms with Crippen molar-refractivity contribution in [2.24, 2.45) is 5.73 Å². The Morgan fingerprint density at radius 3 is 2.47 bits per heavy atom. The number of hydrogen-bond acceptors (Lipinski definition) is 4. The summed E-state index contributed by atoms with van der Waals surface area (Å²) in [5.41, 5.74) is 7.76. The molecule has 0 fully saturated rings. The Morgan fingerprint density at radius 2 is 1.87 bits per heavy atom. The first-order chi connectivity index (χ1) is 14.2. The third kappa shape index (κ3) is 5.04. The number of allylic oxidation sites excluding steroid dienone is 1. The average Bonchev–Trinajstić information content (AvgIpc) is 3.16. The summed E-state index contributed by atoms with van der Waals surface area (Å²) in [6.45, 7) is 4.32. The second-order valence-electron chi connectivity index (χ2n) is 7.10. The summed E-state index contributed by atoms with van der Waals surface area (Å²) in [6.07, 6.45) is -1.16. The second kappa shape index (κ2) is 8.93. The molecule has 3 rings (SSSR count). The molecule has 1 heterocycles. The van der Waals surface area contributed by atoms with Gasteiger partial charge >= 0.3 is 6.18 Å². The molecule has 0 saturated carbocycles. The molecule has 0 saturated heterocycles. The van der Waals surface area contributed by atoms with Gasteiger partial charge in [-0.3, -0.25) is 4.79 Å². The maximum atomic E-state index is 12.8. The lowest BCUT2D eigenvalue weighted by Crippen LogP contribution is -2.03. The number of ketones is 1. The summed E-state index contributed by atoms with van der Waals surface area (Å²) < 4.78 is 38.4. The summed E-state index contributed by atoms with van der Waals surface area (Å²) in [7, 11) is 0. The zero-order chi connectivity index (χ0) is 21.9. The molecule has 156 valence electrons. The van der Waals surface area contributed by atoms with Crippen LogP contribution in [0.5, 0.6) is 0 Å². The summed E-state index contributed by atoms with van der Waals surface area (Å²) >= 11 is 1.35. The van der Waals surface area contributed by atoms with Crippen molar-refractivity contribution in [3.63, 3.8) is 0 Å². The Bertz CT molecular complexity index is 1070. The number of benzene rings is 2. The maximum Gasteiger partial charge on any atom is 0.416 e. The van der Waals surface area contributed by atoms with Gasteiger partial charge in [0.05, 0.1) is 16.1 Å². The molecule has 0 aliphatic rings. The van der Waals surface area contributed by atoms with Crippen molar-refractivity contribution >= 4 is 23.2 Å². The minimum Gasteiger partial charge on any atom is -0.326 e. The van der Waals surface area contributed by atoms with E-state index in [1.807, 2.05) is 19.9 Å². The molecule has 0 aliphatic heterocycles. The third-order valence-corrected chi connectivity index (χ3v) is 5.61. The second-order valence-corrected chi connectivity index (χ2v) is 8.13. The van der Waals surface area contributed by atoms with Gasteiger partial charge in [-0.25, -0.2) is 4.98 Å². The highest BCUT2D eigenvalue weighted by Gasteiger charge is 2.30. The molecule has 0 radical (unpaired) electrons. The van der Waals surface area contributed by atoms with Gasteiger partial charge in [0.2, 0.25) is 0 Å². The molecule has 1 aromatic heterocycles. The van der Waals surface area contributed by atoms with Gasteiger partial charge in [-0.2, -0.15) is 13.2 Å². The molecule has 3 aromatic rings. The maximum absolute atomic E-state index is 12.8. The predicted molar refractivity (Wildman–Crippen MR) is 114 cm³/mol. The first-order valence-electron chi connectivity index (χ1n) is 9.39. The molecule has 0 bridgehead atoms. The minimum atomic E-state index is -4.38. The van der Waals surface area contributed by atoms with E-state index in [1.54, 1.807) is 24.3 Å². The number of carbonyl (C=O) groups is 1. The summed E-state index contributed by atoms with van der Waals surface area (Å²) in [5.74, 6) is -0.0516. The van der Waals surface area contributed by atoms with Gasteiger partial charge in [-0.05, 0) is 41.8 Å². The Balaban J connectivity index is 1.89. The zero-order valence-corrected chi connectivity index (χ0v) is 17.3. The Labute approximate surface area is 177 Å². The molecule has 2 N–H and O–H groups in total. The van der Waals surface area contributed by atoms with E-state index in [0.29, 0.717) is 22.7 Å². The van der Waals surface area contributed by atoms with Crippen LogP contribution in [0.4, 0.5) is 13.2 Å². The van der Waals surface area contributed by atoms with E-state index in [0.717, 1.165) is 28.3 Å². The average molecular weight is 430 g/mol. The normalized spacial score (nSPS) is 12.1. The van der Waals surface area contributed by atoms with Crippen LogP contribution in [0.3, 0.4) is 0 Å². The monoisotopic (exact) mass is 430 g/mol. The molecule has 0 amide bonds. The molecule has 0 unspecified atom stereocenters. The molecule has 0 atom stereocenters. The number of hydrogen-bond donors (Lipinski definition) is 1. The van der Waals surface area contributed by atoms with Gasteiger partial charge in [0.1, 0.15) is 5.01 Å². The van der Waals surface area contributed by atoms with E-state index in [1.165, 1.54) is 29.5 Å². The number of nitrogens with zero attached hydrogens (tertiary/aromatic N) is 1. The molecule has 30 heavy (non-hydrogen) atoms. The lowest BCUT2D eigenvalue weighted by atomic mass is 10.1. The quantitative estimate of drug-likeness (QED) is 0.368. The van der Waals surface area contributed by atoms with Gasteiger partial charge in [0, 0.05) is 17.7 Å². The van der Waals surface area contributed by atoms with Crippen molar-refractivity contribution in [2.45, 2.75) is 32.5 Å². The first-order valence-corrected chi connectivity index (χ1v) is 10.2. The van der Waals surface area contributed by atoms with E-state index >= 15 is 0 Å². The van der Waals surface area contributed by atoms with Crippen LogP contribution in [0.2, 0.25) is 0 Å². The Kier molecular flexibility index (Phi) is 6.53. The number of thiazole rings is 1. The Morgan fingerprint density at radius 1 is 1.17 bits per heavy atom. The SMILES string of the molecule is CC(C)c1nc(-c2ccc(C(F)(F)F)cc2)sc1C=CC(=O)c1cccc(CN)c1. The fourth-order valence-corrected chi connectivity index (χ4v) is 4.03. The van der Waals surface area contributed by atoms with Crippen LogP contribution in [-0.4, -0.2) is 10.8 Å². The Hall–Kier alpha value is -2.77. The molecule has 0 aliphatic carbocycles. The van der Waals surface area contributed by atoms with Crippen molar-refractivity contribution in [1.82, 2.24) is 4.98 Å². The van der Waals surface area contributed by atoms with Crippen LogP contribution in [0.1, 0.15) is 51.8 Å². The van der Waals surface area contributed by atoms with Crippen LogP contribution in [0.25, 0.3) is 16.6 Å². The van der Waals surface area contributed by atoms with Crippen molar-refractivity contribution in [2.75, 3.05) is 0 Å². The topological polar surface area (TPSA) is 56.0 Å². The van der Waals surface area contributed by atoms with Gasteiger partial charge in [0.15, 0.2) is 5.78 Å². The van der Waals surface area contributed by atoms with E-state index in [4.69, 9.17) is 5.73 Å². The summed E-state index contributed by atoms with van der Waals surface area (Å²) in [4.78, 5) is 17.9. The van der Waals surface area contributed by atoms with E-state index in [-0.39, 0.29) is 11.7 Å². The summed E-state index contributed by atoms with van der Waals surface area (Å²) in [6, 6.07) is 12.1.